The Kier molecular flexibility index (Phi) is 6.17. The number of nitrogens with one attached hydrogen (secondary N) is 1. The number of aromatic nitrogens is 2. The van der Waals surface area contributed by atoms with Crippen molar-refractivity contribution in [3.8, 4) is 5.88 Å². The Labute approximate surface area is 166 Å². The summed E-state index contributed by atoms with van der Waals surface area (Å²) < 4.78 is 10.6. The van der Waals surface area contributed by atoms with Crippen molar-refractivity contribution < 1.29 is 14.3 Å². The lowest BCUT2D eigenvalue weighted by atomic mass is 9.85. The Morgan fingerprint density at radius 3 is 2.61 bits per heavy atom. The molecule has 0 aromatic carbocycles. The highest BCUT2D eigenvalue weighted by Crippen LogP contribution is 2.27. The van der Waals surface area contributed by atoms with Gasteiger partial charge in [-0.3, -0.25) is 4.98 Å². The van der Waals surface area contributed by atoms with E-state index in [1.165, 1.54) is 0 Å². The average molecular weight is 383 g/mol. The van der Waals surface area contributed by atoms with Gasteiger partial charge in [-0.05, 0) is 64.5 Å². The number of carbonyl (C=O) groups is 1. The highest BCUT2D eigenvalue weighted by atomic mass is 16.6. The van der Waals surface area contributed by atoms with Gasteiger partial charge < -0.3 is 14.8 Å². The summed E-state index contributed by atoms with van der Waals surface area (Å²) >= 11 is 0. The van der Waals surface area contributed by atoms with Gasteiger partial charge >= 0.3 is 6.09 Å². The van der Waals surface area contributed by atoms with E-state index in [1.54, 1.807) is 13.3 Å². The van der Waals surface area contributed by atoms with Gasteiger partial charge in [-0.25, -0.2) is 9.78 Å². The first-order valence-electron chi connectivity index (χ1n) is 9.81. The zero-order valence-corrected chi connectivity index (χ0v) is 17.1. The lowest BCUT2D eigenvalue weighted by Gasteiger charge is -2.28. The van der Waals surface area contributed by atoms with Crippen LogP contribution in [0.15, 0.2) is 30.5 Å². The molecule has 0 atom stereocenters. The molecule has 1 amide bonds. The maximum atomic E-state index is 11.9. The molecule has 6 nitrogen and oxygen atoms in total. The van der Waals surface area contributed by atoms with Crippen molar-refractivity contribution in [1.29, 1.82) is 0 Å². The number of carbonyl (C=O) groups excluding carboxylic acids is 1. The third-order valence-electron chi connectivity index (χ3n) is 4.84. The Bertz CT molecular complexity index is 850. The van der Waals surface area contributed by atoms with E-state index in [2.05, 4.69) is 27.4 Å². The third-order valence-corrected chi connectivity index (χ3v) is 4.84. The SMILES string of the molecule is COc1ccc2nccc(C=C[C@H]3CC[C@H](NC(=O)OC(C)(C)C)CC3)c2n1. The molecule has 150 valence electrons. The molecule has 0 spiro atoms. The van der Waals surface area contributed by atoms with E-state index >= 15 is 0 Å². The van der Waals surface area contributed by atoms with Crippen LogP contribution >= 0.6 is 0 Å². The van der Waals surface area contributed by atoms with Gasteiger partial charge in [0.05, 0.1) is 18.1 Å². The summed E-state index contributed by atoms with van der Waals surface area (Å²) in [6.07, 6.45) is 9.84. The molecule has 2 aromatic rings. The predicted octanol–water partition coefficient (Wildman–Crippen LogP) is 4.74. The number of methoxy groups -OCH3 is 1. The van der Waals surface area contributed by atoms with Crippen LogP contribution in [0.1, 0.15) is 52.0 Å². The van der Waals surface area contributed by atoms with Gasteiger partial charge in [0.2, 0.25) is 5.88 Å². The summed E-state index contributed by atoms with van der Waals surface area (Å²) in [6, 6.07) is 5.90. The first-order valence-corrected chi connectivity index (χ1v) is 9.81. The molecule has 0 aliphatic heterocycles. The van der Waals surface area contributed by atoms with Gasteiger partial charge in [-0.1, -0.05) is 12.2 Å². The molecule has 1 fully saturated rings. The van der Waals surface area contributed by atoms with E-state index in [-0.39, 0.29) is 12.1 Å². The van der Waals surface area contributed by atoms with Crippen LogP contribution in [-0.4, -0.2) is 34.8 Å². The van der Waals surface area contributed by atoms with Gasteiger partial charge in [0, 0.05) is 23.9 Å². The molecule has 0 radical (unpaired) electrons. The van der Waals surface area contributed by atoms with Crippen LogP contribution in [0.2, 0.25) is 0 Å². The number of pyridine rings is 2. The minimum Gasteiger partial charge on any atom is -0.481 e. The molecule has 6 heteroatoms. The van der Waals surface area contributed by atoms with Crippen LogP contribution in [-0.2, 0) is 4.74 Å². The lowest BCUT2D eigenvalue weighted by Crippen LogP contribution is -2.40. The summed E-state index contributed by atoms with van der Waals surface area (Å²) in [4.78, 5) is 20.8. The van der Waals surface area contributed by atoms with E-state index in [0.29, 0.717) is 11.8 Å². The van der Waals surface area contributed by atoms with Crippen LogP contribution in [0.3, 0.4) is 0 Å². The van der Waals surface area contributed by atoms with Gasteiger partial charge in [-0.15, -0.1) is 0 Å². The Morgan fingerprint density at radius 1 is 1.18 bits per heavy atom. The Hall–Kier alpha value is -2.63. The zero-order chi connectivity index (χ0) is 20.1. The van der Waals surface area contributed by atoms with Crippen LogP contribution in [0, 0.1) is 5.92 Å². The molecule has 2 heterocycles. The second-order valence-electron chi connectivity index (χ2n) is 8.24. The summed E-state index contributed by atoms with van der Waals surface area (Å²) in [5.74, 6) is 1.08. The smallest absolute Gasteiger partial charge is 0.407 e. The quantitative estimate of drug-likeness (QED) is 0.826. The van der Waals surface area contributed by atoms with Gasteiger partial charge in [0.25, 0.3) is 0 Å². The fraction of sp³-hybridized carbons (Fsp3) is 0.500. The molecular weight excluding hydrogens is 354 g/mol. The minimum absolute atomic E-state index is 0.187. The average Bonchev–Trinajstić information content (AvgIpc) is 2.65. The molecule has 1 aliphatic rings. The molecule has 2 aromatic heterocycles. The number of ether oxygens (including phenoxy) is 2. The van der Waals surface area contributed by atoms with E-state index < -0.39 is 5.60 Å². The van der Waals surface area contributed by atoms with Gasteiger partial charge in [-0.2, -0.15) is 0 Å². The second-order valence-corrected chi connectivity index (χ2v) is 8.24. The first-order chi connectivity index (χ1) is 13.3. The second kappa shape index (κ2) is 8.59. The Morgan fingerprint density at radius 2 is 1.93 bits per heavy atom. The number of rotatable bonds is 4. The number of alkyl carbamates (subject to hydrolysis) is 1. The van der Waals surface area contributed by atoms with Gasteiger partial charge in [0.15, 0.2) is 0 Å². The minimum atomic E-state index is -0.464. The highest BCUT2D eigenvalue weighted by Gasteiger charge is 2.23. The van der Waals surface area contributed by atoms with Crippen molar-refractivity contribution in [3.05, 3.63) is 36.0 Å². The standard InChI is InChI=1S/C22H29N3O3/c1-22(2,3)28-21(26)24-17-9-6-15(7-10-17)5-8-16-13-14-23-18-11-12-19(27-4)25-20(16)18/h5,8,11-15,17H,6-7,9-10H2,1-4H3,(H,24,26)/t15-,17-. The summed E-state index contributed by atoms with van der Waals surface area (Å²) in [7, 11) is 1.61. The number of allylic oxidation sites excluding steroid dienone is 1. The molecule has 1 aliphatic carbocycles. The van der Waals surface area contributed by atoms with E-state index in [4.69, 9.17) is 9.47 Å². The van der Waals surface area contributed by atoms with Crippen molar-refractivity contribution in [1.82, 2.24) is 15.3 Å². The van der Waals surface area contributed by atoms with Crippen LogP contribution in [0.25, 0.3) is 17.1 Å². The number of hydrogen-bond acceptors (Lipinski definition) is 5. The molecule has 0 unspecified atom stereocenters. The topological polar surface area (TPSA) is 73.3 Å². The number of nitrogens with zero attached hydrogens (tertiary/aromatic N) is 2. The van der Waals surface area contributed by atoms with Crippen molar-refractivity contribution in [2.45, 2.75) is 58.1 Å². The van der Waals surface area contributed by atoms with Crippen molar-refractivity contribution in [2.24, 2.45) is 5.92 Å². The van der Waals surface area contributed by atoms with E-state index in [0.717, 1.165) is 42.3 Å². The summed E-state index contributed by atoms with van der Waals surface area (Å²) in [6.45, 7) is 5.63. The first kappa shape index (κ1) is 20.1. The molecule has 28 heavy (non-hydrogen) atoms. The van der Waals surface area contributed by atoms with Crippen molar-refractivity contribution in [3.63, 3.8) is 0 Å². The lowest BCUT2D eigenvalue weighted by molar-refractivity contribution is 0.0490. The third kappa shape index (κ3) is 5.44. The summed E-state index contributed by atoms with van der Waals surface area (Å²) in [5.41, 5.74) is 2.28. The van der Waals surface area contributed by atoms with Gasteiger partial charge in [0.1, 0.15) is 5.60 Å². The van der Waals surface area contributed by atoms with Crippen LogP contribution in [0.5, 0.6) is 5.88 Å². The monoisotopic (exact) mass is 383 g/mol. The number of amides is 1. The fourth-order valence-electron chi connectivity index (χ4n) is 3.45. The molecule has 0 saturated heterocycles. The predicted molar refractivity (Wildman–Crippen MR) is 110 cm³/mol. The van der Waals surface area contributed by atoms with Crippen molar-refractivity contribution in [2.75, 3.05) is 7.11 Å². The molecule has 1 N–H and O–H groups in total. The number of fused-ring (bicyclic) bond motifs is 1. The molecule has 0 bridgehead atoms. The summed E-state index contributed by atoms with van der Waals surface area (Å²) in [5, 5.41) is 2.99. The van der Waals surface area contributed by atoms with Crippen LogP contribution in [0.4, 0.5) is 4.79 Å². The van der Waals surface area contributed by atoms with E-state index in [9.17, 15) is 4.79 Å². The molecular formula is C22H29N3O3. The largest absolute Gasteiger partial charge is 0.481 e. The fourth-order valence-corrected chi connectivity index (χ4v) is 3.45. The highest BCUT2D eigenvalue weighted by molar-refractivity contribution is 5.84. The maximum Gasteiger partial charge on any atom is 0.407 e. The van der Waals surface area contributed by atoms with Crippen molar-refractivity contribution >= 4 is 23.2 Å². The molecule has 1 saturated carbocycles. The van der Waals surface area contributed by atoms with Crippen LogP contribution < -0.4 is 10.1 Å². The number of hydrogen-bond donors (Lipinski definition) is 1. The van der Waals surface area contributed by atoms with E-state index in [1.807, 2.05) is 39.0 Å². The molecule has 3 rings (SSSR count). The Balaban J connectivity index is 1.58. The maximum absolute atomic E-state index is 11.9. The zero-order valence-electron chi connectivity index (χ0n) is 17.1. The normalized spacial score (nSPS) is 20.3.